The van der Waals surface area contributed by atoms with Gasteiger partial charge >= 0.3 is 5.97 Å². The number of hydrogen-bond acceptors (Lipinski definition) is 3. The second-order valence-corrected chi connectivity index (χ2v) is 6.52. The highest BCUT2D eigenvalue weighted by Gasteiger charge is 2.19. The van der Waals surface area contributed by atoms with Crippen LogP contribution in [-0.4, -0.2) is 26.0 Å². The van der Waals surface area contributed by atoms with E-state index in [1.165, 1.54) is 30.5 Å². The lowest BCUT2D eigenvalue weighted by molar-refractivity contribution is 0.0697. The molecule has 2 aromatic heterocycles. The van der Waals surface area contributed by atoms with Gasteiger partial charge in [-0.25, -0.2) is 9.78 Å². The van der Waals surface area contributed by atoms with Crippen molar-refractivity contribution in [3.63, 3.8) is 0 Å². The molecule has 2 aromatic carbocycles. The molecule has 0 aliphatic rings. The van der Waals surface area contributed by atoms with Crippen molar-refractivity contribution < 1.29 is 9.90 Å². The molecule has 28 heavy (non-hydrogen) atoms. The Kier molecular flexibility index (Phi) is 4.55. The summed E-state index contributed by atoms with van der Waals surface area (Å²) >= 11 is 6.37. The van der Waals surface area contributed by atoms with Crippen LogP contribution in [0.5, 0.6) is 0 Å². The predicted molar refractivity (Wildman–Crippen MR) is 107 cm³/mol. The van der Waals surface area contributed by atoms with Crippen LogP contribution in [-0.2, 0) is 0 Å². The molecule has 4 aromatic rings. The van der Waals surface area contributed by atoms with Crippen molar-refractivity contribution in [1.29, 1.82) is 0 Å². The number of pyridine rings is 1. The fourth-order valence-corrected chi connectivity index (χ4v) is 3.16. The minimum Gasteiger partial charge on any atom is -0.478 e. The minimum absolute atomic E-state index is 0.104. The molecule has 2 heterocycles. The van der Waals surface area contributed by atoms with Gasteiger partial charge in [-0.05, 0) is 24.3 Å². The van der Waals surface area contributed by atoms with E-state index in [1.54, 1.807) is 6.07 Å². The monoisotopic (exact) mass is 391 g/mol. The number of rotatable bonds is 4. The van der Waals surface area contributed by atoms with Crippen LogP contribution in [0.15, 0.2) is 71.7 Å². The Labute approximate surface area is 164 Å². The molecule has 0 aliphatic heterocycles. The quantitative estimate of drug-likeness (QED) is 0.478. The van der Waals surface area contributed by atoms with Gasteiger partial charge in [0.1, 0.15) is 5.82 Å². The molecule has 0 aliphatic carbocycles. The summed E-state index contributed by atoms with van der Waals surface area (Å²) in [7, 11) is 0. The topological polar surface area (TPSA) is 98.8 Å². The van der Waals surface area contributed by atoms with Crippen molar-refractivity contribution in [3.8, 4) is 33.9 Å². The molecule has 3 N–H and O–H groups in total. The Morgan fingerprint density at radius 1 is 1.00 bits per heavy atom. The number of carboxylic acid groups (broad SMARTS) is 1. The number of carbonyl (C=O) groups is 1. The van der Waals surface area contributed by atoms with Gasteiger partial charge < -0.3 is 15.1 Å². The Morgan fingerprint density at radius 2 is 1.79 bits per heavy atom. The molecule has 0 amide bonds. The summed E-state index contributed by atoms with van der Waals surface area (Å²) in [6.07, 6.45) is 1.54. The van der Waals surface area contributed by atoms with Gasteiger partial charge in [-0.3, -0.25) is 4.79 Å². The standard InChI is InChI=1S/C21H14ClN3O3/c22-16-7-6-14(21(27)28)10-15(16)19-18(13-8-9-23-17(26)11-13)24-20(25-19)12-4-2-1-3-5-12/h1-11H,(H,23,26)(H,24,25)(H,27,28). The highest BCUT2D eigenvalue weighted by Crippen LogP contribution is 2.36. The summed E-state index contributed by atoms with van der Waals surface area (Å²) in [6.45, 7) is 0. The van der Waals surface area contributed by atoms with Gasteiger partial charge in [0, 0.05) is 29.0 Å². The summed E-state index contributed by atoms with van der Waals surface area (Å²) in [5, 5.41) is 9.71. The Hall–Kier alpha value is -3.64. The van der Waals surface area contributed by atoms with Crippen LogP contribution in [0.1, 0.15) is 10.4 Å². The van der Waals surface area contributed by atoms with E-state index in [-0.39, 0.29) is 11.1 Å². The van der Waals surface area contributed by atoms with Crippen molar-refractivity contribution in [2.45, 2.75) is 0 Å². The van der Waals surface area contributed by atoms with E-state index in [9.17, 15) is 14.7 Å². The SMILES string of the molecule is O=C(O)c1ccc(Cl)c(-c2[nH]c(-c3ccccc3)nc2-c2cc[nH]c(=O)c2)c1. The zero-order valence-electron chi connectivity index (χ0n) is 14.4. The van der Waals surface area contributed by atoms with E-state index in [1.807, 2.05) is 30.3 Å². The van der Waals surface area contributed by atoms with Gasteiger partial charge in [0.05, 0.1) is 22.0 Å². The third-order valence-corrected chi connectivity index (χ3v) is 4.61. The Morgan fingerprint density at radius 3 is 2.50 bits per heavy atom. The Bertz CT molecular complexity index is 1230. The zero-order chi connectivity index (χ0) is 19.7. The molecule has 0 fully saturated rings. The Balaban J connectivity index is 1.98. The predicted octanol–water partition coefficient (Wildman–Crippen LogP) is 4.45. The number of nitrogens with one attached hydrogen (secondary N) is 2. The van der Waals surface area contributed by atoms with Crippen LogP contribution < -0.4 is 5.56 Å². The number of H-pyrrole nitrogens is 2. The number of carboxylic acids is 1. The summed E-state index contributed by atoms with van der Waals surface area (Å²) in [5.74, 6) is -0.471. The highest BCUT2D eigenvalue weighted by atomic mass is 35.5. The van der Waals surface area contributed by atoms with E-state index < -0.39 is 5.97 Å². The molecule has 0 atom stereocenters. The van der Waals surface area contributed by atoms with E-state index in [2.05, 4.69) is 15.0 Å². The summed E-state index contributed by atoms with van der Waals surface area (Å²) < 4.78 is 0. The normalized spacial score (nSPS) is 10.8. The van der Waals surface area contributed by atoms with Gasteiger partial charge in [0.25, 0.3) is 0 Å². The fraction of sp³-hybridized carbons (Fsp3) is 0. The maximum atomic E-state index is 11.8. The van der Waals surface area contributed by atoms with Gasteiger partial charge in [-0.1, -0.05) is 41.9 Å². The molecule has 138 valence electrons. The molecule has 0 radical (unpaired) electrons. The third-order valence-electron chi connectivity index (χ3n) is 4.28. The molecular weight excluding hydrogens is 378 g/mol. The first kappa shape index (κ1) is 17.8. The summed E-state index contributed by atoms with van der Waals surface area (Å²) in [5.41, 5.74) is 2.82. The van der Waals surface area contributed by atoms with Crippen molar-refractivity contribution in [2.24, 2.45) is 0 Å². The van der Waals surface area contributed by atoms with Crippen LogP contribution in [0.25, 0.3) is 33.9 Å². The smallest absolute Gasteiger partial charge is 0.335 e. The molecule has 6 nitrogen and oxygen atoms in total. The molecule has 0 spiro atoms. The molecule has 0 bridgehead atoms. The minimum atomic E-state index is -1.06. The van der Waals surface area contributed by atoms with E-state index in [0.717, 1.165) is 5.56 Å². The van der Waals surface area contributed by atoms with Gasteiger partial charge in [0.15, 0.2) is 0 Å². The van der Waals surface area contributed by atoms with Crippen LogP contribution >= 0.6 is 11.6 Å². The first-order valence-corrected chi connectivity index (χ1v) is 8.78. The molecule has 0 saturated heterocycles. The number of aromatic carboxylic acids is 1. The van der Waals surface area contributed by atoms with Crippen molar-refractivity contribution in [1.82, 2.24) is 15.0 Å². The summed E-state index contributed by atoms with van der Waals surface area (Å²) in [4.78, 5) is 33.7. The van der Waals surface area contributed by atoms with Gasteiger partial charge in [-0.2, -0.15) is 0 Å². The number of aromatic amines is 2. The lowest BCUT2D eigenvalue weighted by atomic mass is 10.0. The summed E-state index contributed by atoms with van der Waals surface area (Å²) in [6, 6.07) is 17.1. The van der Waals surface area contributed by atoms with Gasteiger partial charge in [-0.15, -0.1) is 0 Å². The van der Waals surface area contributed by atoms with E-state index in [4.69, 9.17) is 11.6 Å². The second kappa shape index (κ2) is 7.17. The lowest BCUT2D eigenvalue weighted by Gasteiger charge is -2.06. The number of halogens is 1. The lowest BCUT2D eigenvalue weighted by Crippen LogP contribution is -2.02. The molecular formula is C21H14ClN3O3. The molecule has 0 saturated carbocycles. The van der Waals surface area contributed by atoms with Crippen molar-refractivity contribution in [3.05, 3.63) is 87.8 Å². The molecule has 4 rings (SSSR count). The van der Waals surface area contributed by atoms with E-state index in [0.29, 0.717) is 33.4 Å². The van der Waals surface area contributed by atoms with Crippen molar-refractivity contribution in [2.75, 3.05) is 0 Å². The molecule has 0 unspecified atom stereocenters. The maximum absolute atomic E-state index is 11.8. The van der Waals surface area contributed by atoms with Crippen LogP contribution in [0.2, 0.25) is 5.02 Å². The second-order valence-electron chi connectivity index (χ2n) is 6.12. The van der Waals surface area contributed by atoms with Crippen LogP contribution in [0.3, 0.4) is 0 Å². The van der Waals surface area contributed by atoms with Crippen molar-refractivity contribution >= 4 is 17.6 Å². The number of nitrogens with zero attached hydrogens (tertiary/aromatic N) is 1. The number of hydrogen-bond donors (Lipinski definition) is 3. The number of imidazole rings is 1. The fourth-order valence-electron chi connectivity index (χ4n) is 2.95. The number of aromatic nitrogens is 3. The van der Waals surface area contributed by atoms with Crippen LogP contribution in [0, 0.1) is 0 Å². The largest absolute Gasteiger partial charge is 0.478 e. The number of benzene rings is 2. The average Bonchev–Trinajstić information content (AvgIpc) is 3.14. The van der Waals surface area contributed by atoms with E-state index >= 15 is 0 Å². The zero-order valence-corrected chi connectivity index (χ0v) is 15.2. The van der Waals surface area contributed by atoms with Gasteiger partial charge in [0.2, 0.25) is 5.56 Å². The average molecular weight is 392 g/mol. The first-order valence-electron chi connectivity index (χ1n) is 8.40. The highest BCUT2D eigenvalue weighted by molar-refractivity contribution is 6.33. The van der Waals surface area contributed by atoms with Crippen LogP contribution in [0.4, 0.5) is 0 Å². The first-order chi connectivity index (χ1) is 13.5. The molecule has 7 heteroatoms. The third kappa shape index (κ3) is 3.33. The maximum Gasteiger partial charge on any atom is 0.335 e.